The molecule has 2 N–H and O–H groups in total. The average molecular weight is 287 g/mol. The fourth-order valence-corrected chi connectivity index (χ4v) is 3.80. The summed E-state index contributed by atoms with van der Waals surface area (Å²) in [5, 5.41) is 1.21. The molecule has 1 unspecified atom stereocenters. The third kappa shape index (κ3) is 2.64. The van der Waals surface area contributed by atoms with Gasteiger partial charge >= 0.3 is 0 Å². The van der Waals surface area contributed by atoms with Gasteiger partial charge < -0.3 is 5.73 Å². The summed E-state index contributed by atoms with van der Waals surface area (Å²) in [7, 11) is 0. The second kappa shape index (κ2) is 5.64. The van der Waals surface area contributed by atoms with E-state index < -0.39 is 0 Å². The number of benzene rings is 1. The Morgan fingerprint density at radius 3 is 2.70 bits per heavy atom. The predicted molar refractivity (Wildman–Crippen MR) is 83.8 cm³/mol. The van der Waals surface area contributed by atoms with Gasteiger partial charge in [0.15, 0.2) is 0 Å². The molecule has 0 amide bonds. The van der Waals surface area contributed by atoms with Crippen molar-refractivity contribution in [2.75, 3.05) is 6.54 Å². The third-order valence-corrected chi connectivity index (χ3v) is 5.20. The number of nitrogens with two attached hydrogens (primary N) is 1. The van der Waals surface area contributed by atoms with Crippen LogP contribution in [0.2, 0.25) is 0 Å². The Labute approximate surface area is 124 Å². The molecule has 20 heavy (non-hydrogen) atoms. The summed E-state index contributed by atoms with van der Waals surface area (Å²) in [5.41, 5.74) is 10.0. The maximum atomic E-state index is 5.98. The van der Waals surface area contributed by atoms with Crippen molar-refractivity contribution in [3.8, 4) is 0 Å². The first-order valence-corrected chi connectivity index (χ1v) is 7.93. The number of nitrogens with zero attached hydrogens (tertiary/aromatic N) is 2. The monoisotopic (exact) mass is 287 g/mol. The Morgan fingerprint density at radius 2 is 2.05 bits per heavy atom. The smallest absolute Gasteiger partial charge is 0.107 e. The number of aromatic nitrogens is 1. The molecule has 1 atom stereocenters. The first-order valence-electron chi connectivity index (χ1n) is 7.11. The van der Waals surface area contributed by atoms with Crippen molar-refractivity contribution in [1.82, 2.24) is 9.88 Å². The Balaban J connectivity index is 1.82. The lowest BCUT2D eigenvalue weighted by Crippen LogP contribution is -2.44. The van der Waals surface area contributed by atoms with Crippen LogP contribution in [-0.2, 0) is 19.5 Å². The van der Waals surface area contributed by atoms with Crippen molar-refractivity contribution in [2.24, 2.45) is 5.73 Å². The largest absolute Gasteiger partial charge is 0.329 e. The molecule has 1 aliphatic heterocycles. The molecule has 2 aromatic rings. The average Bonchev–Trinajstić information content (AvgIpc) is 2.76. The normalized spacial score (nSPS) is 19.1. The van der Waals surface area contributed by atoms with E-state index in [4.69, 9.17) is 5.73 Å². The highest BCUT2D eigenvalue weighted by molar-refractivity contribution is 7.11. The van der Waals surface area contributed by atoms with E-state index >= 15 is 0 Å². The summed E-state index contributed by atoms with van der Waals surface area (Å²) in [6, 6.07) is 9.13. The maximum Gasteiger partial charge on any atom is 0.107 e. The Bertz CT molecular complexity index is 586. The maximum absolute atomic E-state index is 5.98. The molecule has 0 aliphatic carbocycles. The van der Waals surface area contributed by atoms with E-state index in [9.17, 15) is 0 Å². The van der Waals surface area contributed by atoms with Gasteiger partial charge in [-0.1, -0.05) is 24.3 Å². The van der Waals surface area contributed by atoms with E-state index in [1.54, 1.807) is 0 Å². The molecule has 1 aliphatic rings. The van der Waals surface area contributed by atoms with Crippen molar-refractivity contribution < 1.29 is 0 Å². The Kier molecular flexibility index (Phi) is 3.87. The van der Waals surface area contributed by atoms with Crippen LogP contribution in [0.1, 0.15) is 26.7 Å². The van der Waals surface area contributed by atoms with Crippen LogP contribution >= 0.6 is 11.3 Å². The molecule has 0 saturated heterocycles. The zero-order valence-electron chi connectivity index (χ0n) is 12.1. The van der Waals surface area contributed by atoms with Crippen LogP contribution in [0.15, 0.2) is 24.3 Å². The van der Waals surface area contributed by atoms with Gasteiger partial charge in [-0.05, 0) is 31.4 Å². The molecule has 3 nitrogen and oxygen atoms in total. The number of thiazole rings is 1. The Morgan fingerprint density at radius 1 is 1.30 bits per heavy atom. The van der Waals surface area contributed by atoms with Crippen molar-refractivity contribution in [2.45, 2.75) is 39.4 Å². The highest BCUT2D eigenvalue weighted by Gasteiger charge is 2.25. The molecular weight excluding hydrogens is 266 g/mol. The molecule has 2 heterocycles. The van der Waals surface area contributed by atoms with Crippen LogP contribution in [0.4, 0.5) is 0 Å². The van der Waals surface area contributed by atoms with Gasteiger partial charge in [0, 0.05) is 24.0 Å². The van der Waals surface area contributed by atoms with E-state index in [1.165, 1.54) is 21.0 Å². The highest BCUT2D eigenvalue weighted by Crippen LogP contribution is 2.26. The molecule has 3 rings (SSSR count). The van der Waals surface area contributed by atoms with Gasteiger partial charge in [-0.2, -0.15) is 0 Å². The van der Waals surface area contributed by atoms with E-state index in [-0.39, 0.29) is 0 Å². The minimum absolute atomic E-state index is 0.425. The van der Waals surface area contributed by atoms with Gasteiger partial charge in [0.05, 0.1) is 12.2 Å². The van der Waals surface area contributed by atoms with E-state index in [0.29, 0.717) is 12.6 Å². The molecule has 0 radical (unpaired) electrons. The van der Waals surface area contributed by atoms with Gasteiger partial charge in [0.2, 0.25) is 0 Å². The second-order valence-electron chi connectivity index (χ2n) is 5.52. The van der Waals surface area contributed by atoms with Gasteiger partial charge in [-0.25, -0.2) is 4.98 Å². The third-order valence-electron chi connectivity index (χ3n) is 4.15. The summed E-state index contributed by atoms with van der Waals surface area (Å²) >= 11 is 1.81. The molecule has 0 fully saturated rings. The molecule has 1 aromatic carbocycles. The van der Waals surface area contributed by atoms with Gasteiger partial charge in [-0.15, -0.1) is 11.3 Å². The number of hydrogen-bond donors (Lipinski definition) is 1. The summed E-state index contributed by atoms with van der Waals surface area (Å²) in [5.74, 6) is 0. The minimum Gasteiger partial charge on any atom is -0.329 e. The molecule has 1 aromatic heterocycles. The fraction of sp³-hybridized carbons (Fsp3) is 0.438. The van der Waals surface area contributed by atoms with Crippen LogP contribution in [0.3, 0.4) is 0 Å². The lowest BCUT2D eigenvalue weighted by atomic mass is 9.94. The minimum atomic E-state index is 0.425. The second-order valence-corrected chi connectivity index (χ2v) is 6.80. The summed E-state index contributed by atoms with van der Waals surface area (Å²) in [6.07, 6.45) is 1.05. The molecule has 0 saturated carbocycles. The zero-order chi connectivity index (χ0) is 14.1. The number of aryl methyl sites for hydroxylation is 2. The van der Waals surface area contributed by atoms with E-state index in [1.807, 2.05) is 11.3 Å². The van der Waals surface area contributed by atoms with Crippen LogP contribution in [0.25, 0.3) is 0 Å². The summed E-state index contributed by atoms with van der Waals surface area (Å²) in [6.45, 7) is 6.83. The number of hydrogen-bond acceptors (Lipinski definition) is 4. The van der Waals surface area contributed by atoms with Crippen molar-refractivity contribution in [3.63, 3.8) is 0 Å². The van der Waals surface area contributed by atoms with Crippen molar-refractivity contribution >= 4 is 11.3 Å². The molecule has 4 heteroatoms. The van der Waals surface area contributed by atoms with Gasteiger partial charge in [0.25, 0.3) is 0 Å². The van der Waals surface area contributed by atoms with Crippen molar-refractivity contribution in [1.29, 1.82) is 0 Å². The molecule has 0 bridgehead atoms. The summed E-state index contributed by atoms with van der Waals surface area (Å²) < 4.78 is 0. The SMILES string of the molecule is Cc1nc(CN2Cc3ccccc3CC2CN)sc1C. The lowest BCUT2D eigenvalue weighted by Gasteiger charge is -2.35. The fourth-order valence-electron chi connectivity index (χ4n) is 2.84. The standard InChI is InChI=1S/C16H21N3S/c1-11-12(2)20-16(18-11)10-19-9-14-6-4-3-5-13(14)7-15(19)8-17/h3-6,15H,7-10,17H2,1-2H3. The first-order chi connectivity index (χ1) is 9.67. The first kappa shape index (κ1) is 13.7. The predicted octanol–water partition coefficient (Wildman–Crippen LogP) is 2.65. The topological polar surface area (TPSA) is 42.2 Å². The molecular formula is C16H21N3S. The number of rotatable bonds is 3. The van der Waals surface area contributed by atoms with E-state index in [0.717, 1.165) is 25.2 Å². The van der Waals surface area contributed by atoms with Gasteiger partial charge in [0.1, 0.15) is 5.01 Å². The Hall–Kier alpha value is -1.23. The summed E-state index contributed by atoms with van der Waals surface area (Å²) in [4.78, 5) is 8.46. The molecule has 106 valence electrons. The van der Waals surface area contributed by atoms with Gasteiger partial charge in [-0.3, -0.25) is 4.90 Å². The highest BCUT2D eigenvalue weighted by atomic mass is 32.1. The molecule has 0 spiro atoms. The van der Waals surface area contributed by atoms with Crippen molar-refractivity contribution in [3.05, 3.63) is 51.0 Å². The lowest BCUT2D eigenvalue weighted by molar-refractivity contribution is 0.167. The van der Waals surface area contributed by atoms with Crippen LogP contribution < -0.4 is 5.73 Å². The van der Waals surface area contributed by atoms with Crippen LogP contribution in [0, 0.1) is 13.8 Å². The van der Waals surface area contributed by atoms with E-state index in [2.05, 4.69) is 48.0 Å². The van der Waals surface area contributed by atoms with Crippen LogP contribution in [0.5, 0.6) is 0 Å². The van der Waals surface area contributed by atoms with Crippen LogP contribution in [-0.4, -0.2) is 22.5 Å². The number of fused-ring (bicyclic) bond motifs is 1. The quantitative estimate of drug-likeness (QED) is 0.943. The zero-order valence-corrected chi connectivity index (χ0v) is 12.9.